The van der Waals surface area contributed by atoms with Crippen LogP contribution >= 0.6 is 11.8 Å². The van der Waals surface area contributed by atoms with Gasteiger partial charge in [-0.3, -0.25) is 0 Å². The van der Waals surface area contributed by atoms with Crippen LogP contribution in [0, 0.1) is 27.7 Å². The standard InChI is InChI=1S/C28H38S/c1-19-15-21(3)27(23-11-7-5-8-12-23)25(17-19)29-26-18-20(2)16-22(4)28(26)24-13-9-6-10-14-24/h15-18,23-24H,5-14H2,1-4H3. The minimum atomic E-state index is 0.760. The van der Waals surface area contributed by atoms with Crippen molar-refractivity contribution in [2.75, 3.05) is 0 Å². The molecule has 0 bridgehead atoms. The molecular formula is C28H38S. The molecule has 156 valence electrons. The molecule has 0 atom stereocenters. The molecule has 0 nitrogen and oxygen atoms in total. The maximum atomic E-state index is 2.48. The fourth-order valence-electron chi connectivity index (χ4n) is 6.00. The van der Waals surface area contributed by atoms with E-state index in [0.717, 1.165) is 11.8 Å². The molecule has 0 N–H and O–H groups in total. The maximum absolute atomic E-state index is 2.48. The van der Waals surface area contributed by atoms with Gasteiger partial charge in [-0.15, -0.1) is 0 Å². The Balaban J connectivity index is 1.76. The van der Waals surface area contributed by atoms with E-state index in [4.69, 9.17) is 0 Å². The first-order valence-electron chi connectivity index (χ1n) is 11.9. The average Bonchev–Trinajstić information content (AvgIpc) is 2.68. The highest BCUT2D eigenvalue weighted by molar-refractivity contribution is 7.99. The molecule has 0 saturated heterocycles. The van der Waals surface area contributed by atoms with Gasteiger partial charge in [0.1, 0.15) is 0 Å². The molecule has 4 rings (SSSR count). The van der Waals surface area contributed by atoms with Gasteiger partial charge in [-0.1, -0.05) is 62.4 Å². The lowest BCUT2D eigenvalue weighted by atomic mass is 9.82. The quantitative estimate of drug-likeness (QED) is 0.487. The van der Waals surface area contributed by atoms with Crippen LogP contribution in [0.3, 0.4) is 0 Å². The number of aryl methyl sites for hydroxylation is 4. The van der Waals surface area contributed by atoms with Crippen molar-refractivity contribution in [3.8, 4) is 0 Å². The topological polar surface area (TPSA) is 0 Å². The van der Waals surface area contributed by atoms with Gasteiger partial charge in [0.15, 0.2) is 0 Å². The Bertz CT molecular complexity index is 780. The average molecular weight is 407 g/mol. The summed E-state index contributed by atoms with van der Waals surface area (Å²) in [4.78, 5) is 3.08. The van der Waals surface area contributed by atoms with Crippen molar-refractivity contribution in [3.05, 3.63) is 57.6 Å². The summed E-state index contributed by atoms with van der Waals surface area (Å²) in [6.07, 6.45) is 14.0. The monoisotopic (exact) mass is 406 g/mol. The molecule has 2 aliphatic rings. The van der Waals surface area contributed by atoms with Gasteiger partial charge in [0.05, 0.1) is 0 Å². The van der Waals surface area contributed by atoms with E-state index in [1.165, 1.54) is 96.3 Å². The zero-order valence-electron chi connectivity index (χ0n) is 18.9. The molecular weight excluding hydrogens is 368 g/mol. The summed E-state index contributed by atoms with van der Waals surface area (Å²) < 4.78 is 0. The highest BCUT2D eigenvalue weighted by Crippen LogP contribution is 2.46. The molecule has 0 aromatic heterocycles. The van der Waals surface area contributed by atoms with Gasteiger partial charge >= 0.3 is 0 Å². The second kappa shape index (κ2) is 9.29. The molecule has 1 heteroatoms. The van der Waals surface area contributed by atoms with Crippen molar-refractivity contribution in [1.29, 1.82) is 0 Å². The molecule has 29 heavy (non-hydrogen) atoms. The molecule has 2 saturated carbocycles. The van der Waals surface area contributed by atoms with Crippen molar-refractivity contribution in [2.24, 2.45) is 0 Å². The molecule has 0 unspecified atom stereocenters. The van der Waals surface area contributed by atoms with Crippen molar-refractivity contribution >= 4 is 11.8 Å². The zero-order chi connectivity index (χ0) is 20.4. The van der Waals surface area contributed by atoms with E-state index in [9.17, 15) is 0 Å². The second-order valence-electron chi connectivity index (χ2n) is 9.76. The second-order valence-corrected chi connectivity index (χ2v) is 10.8. The van der Waals surface area contributed by atoms with Crippen LogP contribution in [0.25, 0.3) is 0 Å². The first-order chi connectivity index (χ1) is 14.0. The van der Waals surface area contributed by atoms with Gasteiger partial charge in [0, 0.05) is 9.79 Å². The molecule has 2 fully saturated rings. The highest BCUT2D eigenvalue weighted by atomic mass is 32.2. The van der Waals surface area contributed by atoms with Gasteiger partial charge in [0.2, 0.25) is 0 Å². The smallest absolute Gasteiger partial charge is 0.0162 e. The Hall–Kier alpha value is -1.21. The minimum Gasteiger partial charge on any atom is -0.0895 e. The third kappa shape index (κ3) is 4.76. The Morgan fingerprint density at radius 2 is 0.931 bits per heavy atom. The summed E-state index contributed by atoms with van der Waals surface area (Å²) in [6, 6.07) is 9.78. The van der Waals surface area contributed by atoms with E-state index in [2.05, 4.69) is 63.7 Å². The number of benzene rings is 2. The fourth-order valence-corrected chi connectivity index (χ4v) is 7.60. The van der Waals surface area contributed by atoms with E-state index < -0.39 is 0 Å². The van der Waals surface area contributed by atoms with Crippen molar-refractivity contribution < 1.29 is 0 Å². The molecule has 0 heterocycles. The molecule has 2 aliphatic carbocycles. The van der Waals surface area contributed by atoms with Crippen LogP contribution in [0.4, 0.5) is 0 Å². The lowest BCUT2D eigenvalue weighted by Crippen LogP contribution is -2.10. The van der Waals surface area contributed by atoms with E-state index in [0.29, 0.717) is 0 Å². The van der Waals surface area contributed by atoms with Gasteiger partial charge in [-0.2, -0.15) is 0 Å². The predicted molar refractivity (Wildman–Crippen MR) is 128 cm³/mol. The molecule has 0 amide bonds. The lowest BCUT2D eigenvalue weighted by molar-refractivity contribution is 0.437. The normalized spacial score (nSPS) is 18.9. The summed E-state index contributed by atoms with van der Waals surface area (Å²) in [5.74, 6) is 1.52. The SMILES string of the molecule is Cc1cc(C)c(C2CCCCC2)c(Sc2cc(C)cc(C)c2C2CCCCC2)c1. The predicted octanol–water partition coefficient (Wildman–Crippen LogP) is 9.17. The summed E-state index contributed by atoms with van der Waals surface area (Å²) in [5.41, 5.74) is 9.18. The van der Waals surface area contributed by atoms with Crippen molar-refractivity contribution in [3.63, 3.8) is 0 Å². The first-order valence-corrected chi connectivity index (χ1v) is 12.7. The summed E-state index contributed by atoms with van der Waals surface area (Å²) in [6.45, 7) is 9.24. The van der Waals surface area contributed by atoms with Crippen LogP contribution in [0.1, 0.15) is 109 Å². The third-order valence-corrected chi connectivity index (χ3v) is 8.35. The van der Waals surface area contributed by atoms with Crippen LogP contribution in [0.5, 0.6) is 0 Å². The fraction of sp³-hybridized carbons (Fsp3) is 0.571. The molecule has 0 aliphatic heterocycles. The molecule has 0 spiro atoms. The van der Waals surface area contributed by atoms with Gasteiger partial charge < -0.3 is 0 Å². The Kier molecular flexibility index (Phi) is 6.74. The van der Waals surface area contributed by atoms with E-state index in [-0.39, 0.29) is 0 Å². The highest BCUT2D eigenvalue weighted by Gasteiger charge is 2.24. The van der Waals surface area contributed by atoms with Crippen molar-refractivity contribution in [1.82, 2.24) is 0 Å². The van der Waals surface area contributed by atoms with Crippen LogP contribution in [0.2, 0.25) is 0 Å². The van der Waals surface area contributed by atoms with Crippen LogP contribution in [-0.4, -0.2) is 0 Å². The minimum absolute atomic E-state index is 0.760. The Labute approximate surface area is 182 Å². The van der Waals surface area contributed by atoms with E-state index >= 15 is 0 Å². The molecule has 2 aromatic rings. The number of hydrogen-bond donors (Lipinski definition) is 0. The third-order valence-electron chi connectivity index (χ3n) is 7.23. The van der Waals surface area contributed by atoms with Gasteiger partial charge in [0.25, 0.3) is 0 Å². The summed E-state index contributed by atoms with van der Waals surface area (Å²) in [5, 5.41) is 0. The summed E-state index contributed by atoms with van der Waals surface area (Å²) >= 11 is 2.08. The largest absolute Gasteiger partial charge is 0.0895 e. The van der Waals surface area contributed by atoms with Crippen molar-refractivity contribution in [2.45, 2.75) is 114 Å². The summed E-state index contributed by atoms with van der Waals surface area (Å²) in [7, 11) is 0. The molecule has 0 radical (unpaired) electrons. The van der Waals surface area contributed by atoms with E-state index in [1.807, 2.05) is 0 Å². The molecule has 2 aromatic carbocycles. The van der Waals surface area contributed by atoms with Gasteiger partial charge in [-0.25, -0.2) is 0 Å². The lowest BCUT2D eigenvalue weighted by Gasteiger charge is -2.29. The number of rotatable bonds is 4. The first kappa shape index (κ1) is 21.0. The van der Waals surface area contributed by atoms with Gasteiger partial charge in [-0.05, 0) is 111 Å². The Morgan fingerprint density at radius 1 is 0.552 bits per heavy atom. The van der Waals surface area contributed by atoms with Crippen LogP contribution < -0.4 is 0 Å². The van der Waals surface area contributed by atoms with Crippen LogP contribution in [-0.2, 0) is 0 Å². The zero-order valence-corrected chi connectivity index (χ0v) is 19.8. The van der Waals surface area contributed by atoms with Crippen LogP contribution in [0.15, 0.2) is 34.1 Å². The maximum Gasteiger partial charge on any atom is 0.0162 e. The Morgan fingerprint density at radius 3 is 1.31 bits per heavy atom. The van der Waals surface area contributed by atoms with E-state index in [1.54, 1.807) is 11.1 Å². The number of hydrogen-bond acceptors (Lipinski definition) is 1.